The Hall–Kier alpha value is -1.12. The molecule has 4 fully saturated rings. The van der Waals surface area contributed by atoms with Gasteiger partial charge >= 0.3 is 0 Å². The molecule has 0 saturated heterocycles. The van der Waals surface area contributed by atoms with Crippen molar-refractivity contribution < 1.29 is 0 Å². The van der Waals surface area contributed by atoms with Crippen molar-refractivity contribution in [1.29, 1.82) is 0 Å². The molecule has 0 radical (unpaired) electrons. The van der Waals surface area contributed by atoms with E-state index in [4.69, 9.17) is 0 Å². The van der Waals surface area contributed by atoms with Crippen molar-refractivity contribution in [3.8, 4) is 11.1 Å². The SMILES string of the molecule is Brc1ccc2c(c1)C1(c3cc(Br)c4ccccc4c3-2)C2CC3CC(C2)CC1C3. The van der Waals surface area contributed by atoms with E-state index < -0.39 is 0 Å². The molecule has 1 spiro atoms. The van der Waals surface area contributed by atoms with Crippen LogP contribution in [0.5, 0.6) is 0 Å². The maximum atomic E-state index is 3.95. The highest BCUT2D eigenvalue weighted by atomic mass is 79.9. The first kappa shape index (κ1) is 16.7. The molecule has 5 aliphatic carbocycles. The van der Waals surface area contributed by atoms with Gasteiger partial charge < -0.3 is 0 Å². The number of halogens is 2. The second kappa shape index (κ2) is 5.52. The molecule has 0 nitrogen and oxygen atoms in total. The zero-order valence-electron chi connectivity index (χ0n) is 15.7. The van der Waals surface area contributed by atoms with Gasteiger partial charge in [0, 0.05) is 14.4 Å². The molecule has 140 valence electrons. The molecular weight excluding hydrogens is 472 g/mol. The van der Waals surface area contributed by atoms with Crippen molar-refractivity contribution >= 4 is 42.6 Å². The van der Waals surface area contributed by atoms with E-state index in [0.29, 0.717) is 0 Å². The summed E-state index contributed by atoms with van der Waals surface area (Å²) in [4.78, 5) is 0. The molecule has 0 N–H and O–H groups in total. The zero-order valence-corrected chi connectivity index (χ0v) is 18.9. The normalized spacial score (nSPS) is 34.2. The number of fused-ring (bicyclic) bond motifs is 5. The molecule has 3 aromatic rings. The lowest BCUT2D eigenvalue weighted by Gasteiger charge is -2.61. The van der Waals surface area contributed by atoms with Crippen LogP contribution in [0.15, 0.2) is 57.5 Å². The molecule has 4 saturated carbocycles. The molecule has 0 unspecified atom stereocenters. The van der Waals surface area contributed by atoms with E-state index in [0.717, 1.165) is 23.7 Å². The second-order valence-electron chi connectivity index (χ2n) is 9.69. The molecule has 0 aromatic heterocycles. The van der Waals surface area contributed by atoms with Gasteiger partial charge in [0.25, 0.3) is 0 Å². The molecule has 4 bridgehead atoms. The Labute approximate surface area is 183 Å². The molecule has 0 heterocycles. The van der Waals surface area contributed by atoms with Crippen LogP contribution in [0.25, 0.3) is 21.9 Å². The van der Waals surface area contributed by atoms with Crippen molar-refractivity contribution in [1.82, 2.24) is 0 Å². The monoisotopic (exact) mass is 492 g/mol. The minimum absolute atomic E-state index is 0.231. The molecule has 0 amide bonds. The predicted molar refractivity (Wildman–Crippen MR) is 123 cm³/mol. The van der Waals surface area contributed by atoms with Gasteiger partial charge in [-0.15, -0.1) is 0 Å². The largest absolute Gasteiger partial charge is 0.0616 e. The lowest BCUT2D eigenvalue weighted by Crippen LogP contribution is -2.55. The average molecular weight is 494 g/mol. The molecule has 3 aromatic carbocycles. The third kappa shape index (κ3) is 1.88. The summed E-state index contributed by atoms with van der Waals surface area (Å²) in [6, 6.07) is 18.6. The number of rotatable bonds is 0. The van der Waals surface area contributed by atoms with Gasteiger partial charge in [-0.3, -0.25) is 0 Å². The molecule has 2 heteroatoms. The summed E-state index contributed by atoms with van der Waals surface area (Å²) in [5.41, 5.74) is 6.49. The topological polar surface area (TPSA) is 0 Å². The Balaban J connectivity index is 1.63. The van der Waals surface area contributed by atoms with Crippen molar-refractivity contribution in [2.24, 2.45) is 23.7 Å². The van der Waals surface area contributed by atoms with Crippen LogP contribution in [0.2, 0.25) is 0 Å². The van der Waals surface area contributed by atoms with Crippen LogP contribution in [-0.4, -0.2) is 0 Å². The molecule has 0 aliphatic heterocycles. The summed E-state index contributed by atoms with van der Waals surface area (Å²) in [6.07, 6.45) is 7.24. The predicted octanol–water partition coefficient (Wildman–Crippen LogP) is 8.09. The van der Waals surface area contributed by atoms with E-state index in [2.05, 4.69) is 80.4 Å². The number of hydrogen-bond donors (Lipinski definition) is 0. The summed E-state index contributed by atoms with van der Waals surface area (Å²) in [6.45, 7) is 0. The van der Waals surface area contributed by atoms with E-state index in [1.165, 1.54) is 62.9 Å². The Bertz CT molecular complexity index is 1130. The molecule has 5 aliphatic rings. The average Bonchev–Trinajstić information content (AvgIpc) is 2.96. The van der Waals surface area contributed by atoms with Crippen LogP contribution < -0.4 is 0 Å². The Kier molecular flexibility index (Phi) is 3.28. The first-order valence-corrected chi connectivity index (χ1v) is 12.3. The van der Waals surface area contributed by atoms with Crippen LogP contribution in [-0.2, 0) is 5.41 Å². The van der Waals surface area contributed by atoms with Crippen molar-refractivity contribution in [3.63, 3.8) is 0 Å². The number of hydrogen-bond acceptors (Lipinski definition) is 0. The first-order valence-electron chi connectivity index (χ1n) is 10.7. The summed E-state index contributed by atoms with van der Waals surface area (Å²) in [5.74, 6) is 3.59. The van der Waals surface area contributed by atoms with Crippen LogP contribution in [0, 0.1) is 23.7 Å². The van der Waals surface area contributed by atoms with Crippen LogP contribution in [0.1, 0.15) is 43.2 Å². The van der Waals surface area contributed by atoms with E-state index >= 15 is 0 Å². The smallest absolute Gasteiger partial charge is 0.0272 e. The highest BCUT2D eigenvalue weighted by Gasteiger charge is 2.61. The Morgan fingerprint density at radius 3 is 2.11 bits per heavy atom. The Morgan fingerprint density at radius 1 is 0.714 bits per heavy atom. The maximum Gasteiger partial charge on any atom is 0.0272 e. The highest BCUT2D eigenvalue weighted by Crippen LogP contribution is 2.70. The Morgan fingerprint density at radius 2 is 1.39 bits per heavy atom. The highest BCUT2D eigenvalue weighted by molar-refractivity contribution is 9.11. The third-order valence-electron chi connectivity index (χ3n) is 8.56. The van der Waals surface area contributed by atoms with Crippen LogP contribution >= 0.6 is 31.9 Å². The maximum absolute atomic E-state index is 3.95. The van der Waals surface area contributed by atoms with E-state index in [1.54, 1.807) is 11.1 Å². The lowest BCUT2D eigenvalue weighted by molar-refractivity contribution is -0.0399. The zero-order chi connectivity index (χ0) is 18.6. The third-order valence-corrected chi connectivity index (χ3v) is 9.71. The fraction of sp³-hybridized carbons (Fsp3) is 0.385. The molecule has 8 rings (SSSR count). The van der Waals surface area contributed by atoms with E-state index in [-0.39, 0.29) is 5.41 Å². The quantitative estimate of drug-likeness (QED) is 0.296. The van der Waals surface area contributed by atoms with Gasteiger partial charge in [-0.1, -0.05) is 62.2 Å². The van der Waals surface area contributed by atoms with Gasteiger partial charge in [0.2, 0.25) is 0 Å². The van der Waals surface area contributed by atoms with Gasteiger partial charge in [0.1, 0.15) is 0 Å². The summed E-state index contributed by atoms with van der Waals surface area (Å²) in [7, 11) is 0. The fourth-order valence-corrected chi connectivity index (χ4v) is 8.91. The van der Waals surface area contributed by atoms with Crippen molar-refractivity contribution in [3.05, 3.63) is 68.6 Å². The molecular formula is C26H22Br2. The van der Waals surface area contributed by atoms with Gasteiger partial charge in [-0.05, 0) is 107 Å². The first-order chi connectivity index (χ1) is 13.7. The van der Waals surface area contributed by atoms with Gasteiger partial charge in [0.15, 0.2) is 0 Å². The summed E-state index contributed by atoms with van der Waals surface area (Å²) >= 11 is 7.77. The van der Waals surface area contributed by atoms with Crippen molar-refractivity contribution in [2.45, 2.75) is 37.5 Å². The summed E-state index contributed by atoms with van der Waals surface area (Å²) < 4.78 is 2.50. The standard InChI is InChI=1S/C26H22Br2/c27-18-5-6-21-22(12-18)26(16-8-14-7-15(10-16)11-17(26)9-14)23-13-24(28)19-3-1-2-4-20(19)25(21)23/h1-6,12-17H,7-11H2. The van der Waals surface area contributed by atoms with Crippen LogP contribution in [0.4, 0.5) is 0 Å². The lowest BCUT2D eigenvalue weighted by atomic mass is 9.43. The molecule has 28 heavy (non-hydrogen) atoms. The second-order valence-corrected chi connectivity index (χ2v) is 11.5. The van der Waals surface area contributed by atoms with E-state index in [1.807, 2.05) is 0 Å². The minimum Gasteiger partial charge on any atom is -0.0616 e. The van der Waals surface area contributed by atoms with Gasteiger partial charge in [-0.2, -0.15) is 0 Å². The summed E-state index contributed by atoms with van der Waals surface area (Å²) in [5, 5.41) is 2.76. The van der Waals surface area contributed by atoms with E-state index in [9.17, 15) is 0 Å². The van der Waals surface area contributed by atoms with Crippen molar-refractivity contribution in [2.75, 3.05) is 0 Å². The molecule has 0 atom stereocenters. The van der Waals surface area contributed by atoms with Gasteiger partial charge in [-0.25, -0.2) is 0 Å². The van der Waals surface area contributed by atoms with Crippen LogP contribution in [0.3, 0.4) is 0 Å². The fourth-order valence-electron chi connectivity index (χ4n) is 7.98. The minimum atomic E-state index is 0.231. The number of benzene rings is 3. The van der Waals surface area contributed by atoms with Gasteiger partial charge in [0.05, 0.1) is 0 Å².